The number of furan rings is 1. The van der Waals surface area contributed by atoms with Crippen LogP contribution in [0.1, 0.15) is 0 Å². The summed E-state index contributed by atoms with van der Waals surface area (Å²) in [7, 11) is 0. The molecule has 0 aliphatic rings. The van der Waals surface area contributed by atoms with Crippen molar-refractivity contribution in [1.82, 2.24) is 4.57 Å². The van der Waals surface area contributed by atoms with Gasteiger partial charge >= 0.3 is 0 Å². The molecule has 10 aromatic rings. The van der Waals surface area contributed by atoms with Crippen molar-refractivity contribution in [3.63, 3.8) is 0 Å². The highest BCUT2D eigenvalue weighted by atomic mass is 32.1. The second kappa shape index (κ2) is 9.43. The molecule has 0 amide bonds. The minimum atomic E-state index is 0.899. The summed E-state index contributed by atoms with van der Waals surface area (Å²) in [6.45, 7) is 0. The van der Waals surface area contributed by atoms with E-state index in [1.165, 1.54) is 64.2 Å². The number of benzene rings is 7. The third-order valence-corrected chi connectivity index (χ3v) is 10.4. The Morgan fingerprint density at radius 1 is 0.400 bits per heavy atom. The van der Waals surface area contributed by atoms with Crippen LogP contribution in [-0.4, -0.2) is 4.57 Å². The summed E-state index contributed by atoms with van der Waals surface area (Å²) in [6.07, 6.45) is 0. The molecule has 0 aliphatic carbocycles. The summed E-state index contributed by atoms with van der Waals surface area (Å²) >= 11 is 1.86. The van der Waals surface area contributed by atoms with Crippen molar-refractivity contribution in [2.24, 2.45) is 0 Å². The summed E-state index contributed by atoms with van der Waals surface area (Å²) in [5, 5.41) is 7.36. The first-order chi connectivity index (χ1) is 22.3. The standard InChI is InChI=1S/C42H25NOS/c1-2-9-26(10-3-1)27-17-20-37-33(23-27)30-11-4-6-14-36(30)43(37)38-15-8-13-32-34-24-28(18-21-39(34)44-42(32)38)29-19-22-41-35(25-29)31-12-5-7-16-40(31)45-41/h1-25H. The smallest absolute Gasteiger partial charge is 0.159 e. The molecule has 45 heavy (non-hydrogen) atoms. The molecule has 0 saturated carbocycles. The molecule has 0 spiro atoms. The lowest BCUT2D eigenvalue weighted by atomic mass is 10.0. The number of fused-ring (bicyclic) bond motifs is 9. The minimum absolute atomic E-state index is 0.899. The number of hydrogen-bond donors (Lipinski definition) is 0. The molecule has 0 fully saturated rings. The molecule has 10 rings (SSSR count). The predicted octanol–water partition coefficient (Wildman–Crippen LogP) is 12.4. The van der Waals surface area contributed by atoms with E-state index in [0.717, 1.165) is 27.6 Å². The van der Waals surface area contributed by atoms with E-state index in [-0.39, 0.29) is 0 Å². The van der Waals surface area contributed by atoms with Gasteiger partial charge in [0.2, 0.25) is 0 Å². The Hall–Kier alpha value is -5.64. The summed E-state index contributed by atoms with van der Waals surface area (Å²) in [5.74, 6) is 0. The highest BCUT2D eigenvalue weighted by molar-refractivity contribution is 7.25. The van der Waals surface area contributed by atoms with E-state index in [2.05, 4.69) is 156 Å². The molecular formula is C42H25NOS. The lowest BCUT2D eigenvalue weighted by molar-refractivity contribution is 0.666. The lowest BCUT2D eigenvalue weighted by Gasteiger charge is -2.09. The average molecular weight is 592 g/mol. The van der Waals surface area contributed by atoms with Gasteiger partial charge in [-0.3, -0.25) is 0 Å². The lowest BCUT2D eigenvalue weighted by Crippen LogP contribution is -1.94. The quantitative estimate of drug-likeness (QED) is 0.200. The van der Waals surface area contributed by atoms with Crippen LogP contribution in [0.2, 0.25) is 0 Å². The van der Waals surface area contributed by atoms with Crippen molar-refractivity contribution in [3.05, 3.63) is 152 Å². The monoisotopic (exact) mass is 591 g/mol. The molecular weight excluding hydrogens is 567 g/mol. The second-order valence-electron chi connectivity index (χ2n) is 11.7. The molecule has 7 aromatic carbocycles. The maximum atomic E-state index is 6.69. The fraction of sp³-hybridized carbons (Fsp3) is 0. The van der Waals surface area contributed by atoms with Crippen molar-refractivity contribution in [1.29, 1.82) is 0 Å². The van der Waals surface area contributed by atoms with Gasteiger partial charge in [-0.2, -0.15) is 0 Å². The van der Waals surface area contributed by atoms with E-state index in [9.17, 15) is 0 Å². The van der Waals surface area contributed by atoms with Gasteiger partial charge in [-0.25, -0.2) is 0 Å². The van der Waals surface area contributed by atoms with Crippen LogP contribution < -0.4 is 0 Å². The van der Waals surface area contributed by atoms with E-state index >= 15 is 0 Å². The van der Waals surface area contributed by atoms with E-state index in [1.807, 2.05) is 11.3 Å². The van der Waals surface area contributed by atoms with Gasteiger partial charge < -0.3 is 8.98 Å². The molecule has 0 unspecified atom stereocenters. The maximum Gasteiger partial charge on any atom is 0.159 e. The fourth-order valence-electron chi connectivity index (χ4n) is 7.09. The van der Waals surface area contributed by atoms with Gasteiger partial charge in [0, 0.05) is 41.7 Å². The van der Waals surface area contributed by atoms with E-state index in [1.54, 1.807) is 0 Å². The molecule has 0 aliphatic heterocycles. The van der Waals surface area contributed by atoms with Crippen molar-refractivity contribution in [3.8, 4) is 27.9 Å². The summed E-state index contributed by atoms with van der Waals surface area (Å²) in [4.78, 5) is 0. The van der Waals surface area contributed by atoms with Crippen LogP contribution >= 0.6 is 11.3 Å². The van der Waals surface area contributed by atoms with E-state index < -0.39 is 0 Å². The van der Waals surface area contributed by atoms with Crippen molar-refractivity contribution in [2.75, 3.05) is 0 Å². The Morgan fingerprint density at radius 3 is 1.96 bits per heavy atom. The predicted molar refractivity (Wildman–Crippen MR) is 192 cm³/mol. The maximum absolute atomic E-state index is 6.69. The Balaban J connectivity index is 1.17. The zero-order valence-electron chi connectivity index (χ0n) is 24.2. The van der Waals surface area contributed by atoms with Crippen molar-refractivity contribution in [2.45, 2.75) is 0 Å². The van der Waals surface area contributed by atoms with Gasteiger partial charge in [0.1, 0.15) is 5.58 Å². The summed E-state index contributed by atoms with van der Waals surface area (Å²) in [6, 6.07) is 54.7. The van der Waals surface area contributed by atoms with E-state index in [0.29, 0.717) is 0 Å². The highest BCUT2D eigenvalue weighted by Gasteiger charge is 2.18. The van der Waals surface area contributed by atoms with Gasteiger partial charge in [0.05, 0.1) is 16.7 Å². The minimum Gasteiger partial charge on any atom is -0.454 e. The van der Waals surface area contributed by atoms with Crippen LogP contribution in [0, 0.1) is 0 Å². The molecule has 210 valence electrons. The molecule has 0 radical (unpaired) electrons. The zero-order valence-corrected chi connectivity index (χ0v) is 25.0. The Kier molecular flexibility index (Phi) is 5.19. The Labute approximate surface area is 263 Å². The largest absolute Gasteiger partial charge is 0.454 e. The Bertz CT molecular complexity index is 2760. The normalized spacial score (nSPS) is 12.0. The fourth-order valence-corrected chi connectivity index (χ4v) is 8.17. The molecule has 2 nitrogen and oxygen atoms in total. The van der Waals surface area contributed by atoms with Gasteiger partial charge in [-0.1, -0.05) is 97.1 Å². The van der Waals surface area contributed by atoms with Gasteiger partial charge in [0.25, 0.3) is 0 Å². The SMILES string of the molecule is c1ccc(-c2ccc3c(c2)c2ccccc2n3-c2cccc3c2oc2ccc(-c4ccc5sc6ccccc6c5c4)cc23)cc1. The molecule has 3 heterocycles. The highest BCUT2D eigenvalue weighted by Crippen LogP contribution is 2.41. The first kappa shape index (κ1) is 24.8. The summed E-state index contributed by atoms with van der Waals surface area (Å²) in [5.41, 5.74) is 10.0. The number of rotatable bonds is 3. The third-order valence-electron chi connectivity index (χ3n) is 9.21. The summed E-state index contributed by atoms with van der Waals surface area (Å²) < 4.78 is 11.7. The van der Waals surface area contributed by atoms with Gasteiger partial charge in [-0.15, -0.1) is 11.3 Å². The Morgan fingerprint density at radius 2 is 1.04 bits per heavy atom. The van der Waals surface area contributed by atoms with Crippen LogP contribution in [0.3, 0.4) is 0 Å². The molecule has 3 aromatic heterocycles. The first-order valence-corrected chi connectivity index (χ1v) is 16.1. The van der Waals surface area contributed by atoms with Crippen LogP contribution in [-0.2, 0) is 0 Å². The third kappa shape index (κ3) is 3.68. The molecule has 0 bridgehead atoms. The van der Waals surface area contributed by atoms with Gasteiger partial charge in [0.15, 0.2) is 5.58 Å². The zero-order chi connectivity index (χ0) is 29.5. The number of aromatic nitrogens is 1. The van der Waals surface area contributed by atoms with E-state index in [4.69, 9.17) is 4.42 Å². The van der Waals surface area contributed by atoms with Crippen LogP contribution in [0.25, 0.3) is 91.9 Å². The van der Waals surface area contributed by atoms with Crippen LogP contribution in [0.15, 0.2) is 156 Å². The van der Waals surface area contributed by atoms with Gasteiger partial charge in [-0.05, 0) is 76.9 Å². The average Bonchev–Trinajstić information content (AvgIpc) is 3.77. The molecule has 0 atom stereocenters. The molecule has 3 heteroatoms. The molecule has 0 N–H and O–H groups in total. The number of nitrogens with zero attached hydrogens (tertiary/aromatic N) is 1. The van der Waals surface area contributed by atoms with Crippen LogP contribution in [0.5, 0.6) is 0 Å². The number of hydrogen-bond acceptors (Lipinski definition) is 2. The topological polar surface area (TPSA) is 18.1 Å². The van der Waals surface area contributed by atoms with Crippen molar-refractivity contribution < 1.29 is 4.42 Å². The van der Waals surface area contributed by atoms with Crippen molar-refractivity contribution >= 4 is 75.3 Å². The second-order valence-corrected chi connectivity index (χ2v) is 12.8. The number of para-hydroxylation sites is 2. The molecule has 0 saturated heterocycles. The van der Waals surface area contributed by atoms with Crippen LogP contribution in [0.4, 0.5) is 0 Å². The first-order valence-electron chi connectivity index (χ1n) is 15.3. The number of thiophene rings is 1.